The monoisotopic (exact) mass is 235 g/mol. The highest BCUT2D eigenvalue weighted by Gasteiger charge is 2.53. The first-order valence-corrected chi connectivity index (χ1v) is 6.42. The van der Waals surface area contributed by atoms with Gasteiger partial charge in [0.2, 0.25) is 17.8 Å². The van der Waals surface area contributed by atoms with Gasteiger partial charge >= 0.3 is 0 Å². The summed E-state index contributed by atoms with van der Waals surface area (Å²) in [7, 11) is 0. The van der Waals surface area contributed by atoms with Crippen molar-refractivity contribution >= 4 is 17.8 Å². The summed E-state index contributed by atoms with van der Waals surface area (Å²) in [6, 6.07) is 0. The van der Waals surface area contributed by atoms with Crippen LogP contribution < -0.4 is 5.32 Å². The molecule has 5 nitrogen and oxygen atoms in total. The molecule has 3 rings (SSSR count). The predicted octanol–water partition coefficient (Wildman–Crippen LogP) is 0.655. The van der Waals surface area contributed by atoms with Crippen LogP contribution in [0.2, 0.25) is 0 Å². The quantitative estimate of drug-likeness (QED) is 0.627. The average Bonchev–Trinajstić information content (AvgIpc) is 2.38. The Labute approximate surface area is 100 Å². The number of hydrogen-bond donors (Lipinski definition) is 1. The van der Waals surface area contributed by atoms with Crippen LogP contribution in [-0.4, -0.2) is 35.8 Å². The molecule has 3 aliphatic rings. The van der Waals surface area contributed by atoms with E-state index in [1.54, 1.807) is 4.90 Å². The van der Waals surface area contributed by atoms with Crippen LogP contribution in [0.25, 0.3) is 0 Å². The maximum absolute atomic E-state index is 12.5. The van der Waals surface area contributed by atoms with E-state index in [0.717, 1.165) is 25.7 Å². The summed E-state index contributed by atoms with van der Waals surface area (Å²) >= 11 is 0. The van der Waals surface area contributed by atoms with Crippen molar-refractivity contribution in [3.05, 3.63) is 0 Å². The molecule has 0 aromatic heterocycles. The molecule has 0 bridgehead atoms. The molecule has 1 spiro atoms. The molecule has 2 aliphatic heterocycles. The molecule has 92 valence electrons. The average molecular weight is 235 g/mol. The molecule has 1 N–H and O–H groups in total. The Morgan fingerprint density at radius 3 is 2.65 bits per heavy atom. The van der Waals surface area contributed by atoms with Crippen LogP contribution in [0, 0.1) is 5.41 Å². The van der Waals surface area contributed by atoms with E-state index < -0.39 is 5.41 Å². The highest BCUT2D eigenvalue weighted by molar-refractivity contribution is 6.20. The van der Waals surface area contributed by atoms with E-state index in [9.17, 15) is 9.59 Å². The number of guanidine groups is 1. The minimum Gasteiger partial charge on any atom is -0.295 e. The van der Waals surface area contributed by atoms with Gasteiger partial charge in [-0.3, -0.25) is 24.8 Å². The van der Waals surface area contributed by atoms with Crippen molar-refractivity contribution in [2.24, 2.45) is 10.4 Å². The molecule has 0 radical (unpaired) electrons. The fourth-order valence-electron chi connectivity index (χ4n) is 3.08. The molecule has 1 aliphatic carbocycles. The van der Waals surface area contributed by atoms with Gasteiger partial charge in [-0.2, -0.15) is 0 Å². The number of rotatable bonds is 0. The van der Waals surface area contributed by atoms with Gasteiger partial charge in [-0.05, 0) is 19.3 Å². The van der Waals surface area contributed by atoms with Gasteiger partial charge in [-0.1, -0.05) is 19.3 Å². The van der Waals surface area contributed by atoms with Crippen molar-refractivity contribution in [1.82, 2.24) is 10.2 Å². The molecule has 0 unspecified atom stereocenters. The zero-order valence-corrected chi connectivity index (χ0v) is 9.87. The zero-order valence-electron chi connectivity index (χ0n) is 9.87. The van der Waals surface area contributed by atoms with Crippen molar-refractivity contribution in [3.63, 3.8) is 0 Å². The van der Waals surface area contributed by atoms with Crippen LogP contribution in [-0.2, 0) is 9.59 Å². The molecule has 2 fully saturated rings. The van der Waals surface area contributed by atoms with E-state index in [2.05, 4.69) is 10.3 Å². The molecule has 5 heteroatoms. The van der Waals surface area contributed by atoms with Crippen LogP contribution in [0.15, 0.2) is 4.99 Å². The Kier molecular flexibility index (Phi) is 2.42. The fraction of sp³-hybridized carbons (Fsp3) is 0.750. The summed E-state index contributed by atoms with van der Waals surface area (Å²) in [4.78, 5) is 30.6. The second-order valence-corrected chi connectivity index (χ2v) is 5.11. The van der Waals surface area contributed by atoms with Crippen LogP contribution in [0.4, 0.5) is 0 Å². The third-order valence-electron chi connectivity index (χ3n) is 4.08. The highest BCUT2D eigenvalue weighted by Crippen LogP contribution is 2.40. The molecule has 2 amide bonds. The maximum Gasteiger partial charge on any atom is 0.244 e. The summed E-state index contributed by atoms with van der Waals surface area (Å²) in [5.41, 5.74) is -0.783. The Morgan fingerprint density at radius 2 is 1.88 bits per heavy atom. The van der Waals surface area contributed by atoms with Gasteiger partial charge in [0.1, 0.15) is 5.41 Å². The first-order valence-electron chi connectivity index (χ1n) is 6.42. The minimum atomic E-state index is -0.783. The lowest BCUT2D eigenvalue weighted by molar-refractivity contribution is -0.152. The van der Waals surface area contributed by atoms with Crippen LogP contribution >= 0.6 is 0 Å². The van der Waals surface area contributed by atoms with Gasteiger partial charge in [0.15, 0.2) is 0 Å². The molecule has 17 heavy (non-hydrogen) atoms. The Hall–Kier alpha value is -1.39. The normalized spacial score (nSPS) is 27.5. The number of aliphatic imine (C=N–C) groups is 1. The van der Waals surface area contributed by atoms with Crippen molar-refractivity contribution in [1.29, 1.82) is 0 Å². The van der Waals surface area contributed by atoms with Crippen molar-refractivity contribution in [2.45, 2.75) is 38.5 Å². The van der Waals surface area contributed by atoms with Crippen LogP contribution in [0.1, 0.15) is 38.5 Å². The Bertz CT molecular complexity index is 397. The summed E-state index contributed by atoms with van der Waals surface area (Å²) < 4.78 is 0. The van der Waals surface area contributed by atoms with Crippen LogP contribution in [0.5, 0.6) is 0 Å². The third-order valence-corrected chi connectivity index (χ3v) is 4.08. The van der Waals surface area contributed by atoms with Gasteiger partial charge in [0.25, 0.3) is 0 Å². The number of amides is 2. The van der Waals surface area contributed by atoms with Gasteiger partial charge in [-0.15, -0.1) is 0 Å². The fourth-order valence-corrected chi connectivity index (χ4v) is 3.08. The van der Waals surface area contributed by atoms with E-state index in [4.69, 9.17) is 0 Å². The molecule has 0 aromatic carbocycles. The lowest BCUT2D eigenvalue weighted by Gasteiger charge is -2.43. The number of carbonyl (C=O) groups excluding carboxylic acids is 2. The maximum atomic E-state index is 12.5. The summed E-state index contributed by atoms with van der Waals surface area (Å²) in [6.45, 7) is 1.39. The van der Waals surface area contributed by atoms with E-state index in [1.165, 1.54) is 0 Å². The molecule has 1 saturated heterocycles. The van der Waals surface area contributed by atoms with Crippen molar-refractivity contribution in [3.8, 4) is 0 Å². The predicted molar refractivity (Wildman–Crippen MR) is 62.3 cm³/mol. The molecule has 1 saturated carbocycles. The van der Waals surface area contributed by atoms with E-state index in [0.29, 0.717) is 31.9 Å². The van der Waals surface area contributed by atoms with Gasteiger partial charge in [0, 0.05) is 13.1 Å². The van der Waals surface area contributed by atoms with E-state index in [-0.39, 0.29) is 11.8 Å². The van der Waals surface area contributed by atoms with E-state index in [1.807, 2.05) is 0 Å². The van der Waals surface area contributed by atoms with E-state index >= 15 is 0 Å². The number of carbonyl (C=O) groups is 2. The smallest absolute Gasteiger partial charge is 0.244 e. The largest absolute Gasteiger partial charge is 0.295 e. The topological polar surface area (TPSA) is 61.8 Å². The molecular weight excluding hydrogens is 218 g/mol. The number of fused-ring (bicyclic) bond motifs is 1. The van der Waals surface area contributed by atoms with Crippen molar-refractivity contribution < 1.29 is 9.59 Å². The molecule has 0 aromatic rings. The van der Waals surface area contributed by atoms with Gasteiger partial charge in [-0.25, -0.2) is 0 Å². The minimum absolute atomic E-state index is 0.0144. The lowest BCUT2D eigenvalue weighted by Crippen LogP contribution is -2.65. The molecule has 2 heterocycles. The van der Waals surface area contributed by atoms with Crippen molar-refractivity contribution in [2.75, 3.05) is 13.1 Å². The first kappa shape index (κ1) is 10.7. The third kappa shape index (κ3) is 1.48. The summed E-state index contributed by atoms with van der Waals surface area (Å²) in [6.07, 6.45) is 5.35. The lowest BCUT2D eigenvalue weighted by atomic mass is 9.71. The Balaban J connectivity index is 1.95. The molecular formula is C12H17N3O2. The number of hydrogen-bond acceptors (Lipinski definition) is 3. The highest BCUT2D eigenvalue weighted by atomic mass is 16.2. The summed E-state index contributed by atoms with van der Waals surface area (Å²) in [5.74, 6) is 0.334. The number of nitrogens with one attached hydrogen (secondary N) is 1. The van der Waals surface area contributed by atoms with Crippen LogP contribution in [0.3, 0.4) is 0 Å². The SMILES string of the molecule is O=C1NC2=NCCCN2C(=O)C12CCCCC2. The Morgan fingerprint density at radius 1 is 1.12 bits per heavy atom. The summed E-state index contributed by atoms with van der Waals surface area (Å²) in [5, 5.41) is 2.83. The van der Waals surface area contributed by atoms with Gasteiger partial charge < -0.3 is 0 Å². The standard InChI is InChI=1S/C12H17N3O2/c16-9-12(5-2-1-3-6-12)10(17)15-8-4-7-13-11(15)14-9/h1-8H2,(H,13,14,16). The molecule has 0 atom stereocenters. The number of nitrogens with zero attached hydrogens (tertiary/aromatic N) is 2. The first-order chi connectivity index (χ1) is 8.24. The van der Waals surface area contributed by atoms with Gasteiger partial charge in [0.05, 0.1) is 0 Å². The zero-order chi connectivity index (χ0) is 11.9. The second-order valence-electron chi connectivity index (χ2n) is 5.11. The second kappa shape index (κ2) is 3.82.